The lowest BCUT2D eigenvalue weighted by atomic mass is 10.0. The maximum absolute atomic E-state index is 13.2. The number of pyridine rings is 1. The molecule has 0 aliphatic heterocycles. The molecule has 0 aliphatic rings. The summed E-state index contributed by atoms with van der Waals surface area (Å²) in [4.78, 5) is 20.2. The summed E-state index contributed by atoms with van der Waals surface area (Å²) in [7, 11) is -2.19. The van der Waals surface area contributed by atoms with Gasteiger partial charge in [-0.25, -0.2) is 18.1 Å². The van der Waals surface area contributed by atoms with Crippen molar-refractivity contribution in [2.24, 2.45) is 0 Å². The van der Waals surface area contributed by atoms with E-state index in [0.717, 1.165) is 20.9 Å². The minimum Gasteiger partial charge on any atom is -0.446 e. The van der Waals surface area contributed by atoms with E-state index in [0.29, 0.717) is 28.0 Å². The Kier molecular flexibility index (Phi) is 5.42. The van der Waals surface area contributed by atoms with E-state index in [1.165, 1.54) is 19.2 Å². The first-order valence-corrected chi connectivity index (χ1v) is 11.8. The topological polar surface area (TPSA) is 101 Å². The number of carbonyl (C=O) groups excluding carboxylic acids is 1. The molecule has 0 unspecified atom stereocenters. The van der Waals surface area contributed by atoms with Gasteiger partial charge in [0.25, 0.3) is 5.91 Å². The van der Waals surface area contributed by atoms with Crippen LogP contribution in [0, 0.1) is 20.8 Å². The first-order valence-electron chi connectivity index (χ1n) is 9.51. The summed E-state index contributed by atoms with van der Waals surface area (Å²) >= 11 is 1.67. The summed E-state index contributed by atoms with van der Waals surface area (Å²) in [6, 6.07) is 9.80. The van der Waals surface area contributed by atoms with Crippen LogP contribution in [0.25, 0.3) is 22.4 Å². The Hall–Kier alpha value is -3.01. The van der Waals surface area contributed by atoms with Gasteiger partial charge in [0.05, 0.1) is 27.8 Å². The highest BCUT2D eigenvalue weighted by Crippen LogP contribution is 2.33. The minimum atomic E-state index is -3.54. The predicted octanol–water partition coefficient (Wildman–Crippen LogP) is 4.64. The number of hydrogen-bond acceptors (Lipinski definition) is 6. The van der Waals surface area contributed by atoms with Crippen molar-refractivity contribution in [3.05, 3.63) is 63.5 Å². The fraction of sp³-hybridized carbons (Fsp3) is 0.182. The highest BCUT2D eigenvalue weighted by Gasteiger charge is 2.20. The fourth-order valence-corrected chi connectivity index (χ4v) is 5.09. The number of anilines is 1. The second kappa shape index (κ2) is 7.92. The van der Waals surface area contributed by atoms with Gasteiger partial charge in [0, 0.05) is 21.0 Å². The molecule has 0 radical (unpaired) electrons. The van der Waals surface area contributed by atoms with E-state index < -0.39 is 10.0 Å². The largest absolute Gasteiger partial charge is 0.446 e. The maximum atomic E-state index is 13.2. The molecule has 0 atom stereocenters. The average Bonchev–Trinajstić information content (AvgIpc) is 3.29. The van der Waals surface area contributed by atoms with Crippen LogP contribution in [-0.4, -0.2) is 26.4 Å². The number of sulfonamides is 1. The predicted molar refractivity (Wildman–Crippen MR) is 122 cm³/mol. The van der Waals surface area contributed by atoms with Crippen LogP contribution in [0.15, 0.2) is 52.0 Å². The molecule has 1 amide bonds. The van der Waals surface area contributed by atoms with Crippen LogP contribution >= 0.6 is 11.3 Å². The number of aromatic nitrogens is 1. The van der Waals surface area contributed by atoms with Crippen molar-refractivity contribution in [3.63, 3.8) is 0 Å². The Morgan fingerprint density at radius 1 is 1.10 bits per heavy atom. The zero-order chi connectivity index (χ0) is 22.3. The molecule has 3 aromatic heterocycles. The Morgan fingerprint density at radius 3 is 2.42 bits per heavy atom. The first kappa shape index (κ1) is 21.2. The number of benzene rings is 1. The molecule has 31 heavy (non-hydrogen) atoms. The van der Waals surface area contributed by atoms with Gasteiger partial charge >= 0.3 is 0 Å². The zero-order valence-electron chi connectivity index (χ0n) is 17.4. The lowest BCUT2D eigenvalue weighted by Crippen LogP contribution is -2.18. The Labute approximate surface area is 184 Å². The number of thiophene rings is 1. The molecule has 4 rings (SSSR count). The van der Waals surface area contributed by atoms with Crippen molar-refractivity contribution in [1.29, 1.82) is 0 Å². The second-order valence-electron chi connectivity index (χ2n) is 7.17. The van der Waals surface area contributed by atoms with Crippen LogP contribution < -0.4 is 10.0 Å². The molecule has 0 spiro atoms. The summed E-state index contributed by atoms with van der Waals surface area (Å²) in [6.45, 7) is 5.91. The summed E-state index contributed by atoms with van der Waals surface area (Å²) in [6.07, 6.45) is 1.58. The Morgan fingerprint density at radius 2 is 1.81 bits per heavy atom. The second-order valence-corrected chi connectivity index (χ2v) is 10.5. The standard InChI is InChI=1S/C22H21N3O4S2/c1-12-11-29-22-20(12)18(10-19(25-22)17-9-13(2)30-14(17)3)21(26)24-15-5-7-16(8-6-15)31(27,28)23-4/h5-11,23H,1-4H3,(H,24,26). The minimum absolute atomic E-state index is 0.121. The molecule has 0 saturated heterocycles. The molecule has 0 saturated carbocycles. The van der Waals surface area contributed by atoms with Gasteiger partial charge in [0.1, 0.15) is 0 Å². The van der Waals surface area contributed by atoms with Gasteiger partial charge in [-0.15, -0.1) is 11.3 Å². The molecule has 7 nitrogen and oxygen atoms in total. The number of carbonyl (C=O) groups is 1. The van der Waals surface area contributed by atoms with Crippen LogP contribution in [0.5, 0.6) is 0 Å². The SMILES string of the molecule is CNS(=O)(=O)c1ccc(NC(=O)c2cc(-c3cc(C)sc3C)nc3occ(C)c23)cc1. The molecular formula is C22H21N3O4S2. The summed E-state index contributed by atoms with van der Waals surface area (Å²) in [5, 5.41) is 3.49. The first-order chi connectivity index (χ1) is 14.7. The van der Waals surface area contributed by atoms with Crippen molar-refractivity contribution >= 4 is 44.1 Å². The van der Waals surface area contributed by atoms with Crippen LogP contribution in [0.2, 0.25) is 0 Å². The van der Waals surface area contributed by atoms with Crippen LogP contribution in [0.1, 0.15) is 25.7 Å². The summed E-state index contributed by atoms with van der Waals surface area (Å²) < 4.78 is 31.7. The summed E-state index contributed by atoms with van der Waals surface area (Å²) in [5.41, 5.74) is 3.78. The van der Waals surface area contributed by atoms with Crippen molar-refractivity contribution in [1.82, 2.24) is 9.71 Å². The summed E-state index contributed by atoms with van der Waals surface area (Å²) in [5.74, 6) is -0.327. The van der Waals surface area contributed by atoms with Crippen LogP contribution in [0.4, 0.5) is 5.69 Å². The number of rotatable bonds is 5. The lowest BCUT2D eigenvalue weighted by molar-refractivity contribution is 0.102. The van der Waals surface area contributed by atoms with Gasteiger partial charge in [-0.3, -0.25) is 4.79 Å². The number of nitrogens with one attached hydrogen (secondary N) is 2. The maximum Gasteiger partial charge on any atom is 0.256 e. The van der Waals surface area contributed by atoms with E-state index >= 15 is 0 Å². The average molecular weight is 456 g/mol. The van der Waals surface area contributed by atoms with Crippen molar-refractivity contribution in [2.45, 2.75) is 25.7 Å². The molecule has 0 aliphatic carbocycles. The van der Waals surface area contributed by atoms with Crippen LogP contribution in [0.3, 0.4) is 0 Å². The number of furan rings is 1. The molecule has 9 heteroatoms. The van der Waals surface area contributed by atoms with E-state index in [9.17, 15) is 13.2 Å². The fourth-order valence-electron chi connectivity index (χ4n) is 3.43. The third kappa shape index (κ3) is 3.99. The normalized spacial score (nSPS) is 11.7. The molecular weight excluding hydrogens is 434 g/mol. The number of amides is 1. The van der Waals surface area contributed by atoms with Gasteiger partial charge in [-0.05, 0) is 69.8 Å². The van der Waals surface area contributed by atoms with Crippen LogP contribution in [-0.2, 0) is 10.0 Å². The zero-order valence-corrected chi connectivity index (χ0v) is 19.1. The molecule has 3 heterocycles. The van der Waals surface area contributed by atoms with Gasteiger partial charge < -0.3 is 9.73 Å². The molecule has 160 valence electrons. The van der Waals surface area contributed by atoms with Gasteiger partial charge in [0.2, 0.25) is 15.7 Å². The number of fused-ring (bicyclic) bond motifs is 1. The highest BCUT2D eigenvalue weighted by atomic mass is 32.2. The Balaban J connectivity index is 1.73. The number of hydrogen-bond donors (Lipinski definition) is 2. The monoisotopic (exact) mass is 455 g/mol. The number of nitrogens with zero attached hydrogens (tertiary/aromatic N) is 1. The smallest absolute Gasteiger partial charge is 0.256 e. The lowest BCUT2D eigenvalue weighted by Gasteiger charge is -2.10. The Bertz CT molecular complexity index is 1400. The molecule has 0 fully saturated rings. The van der Waals surface area contributed by atoms with E-state index in [1.54, 1.807) is 35.8 Å². The highest BCUT2D eigenvalue weighted by molar-refractivity contribution is 7.89. The van der Waals surface area contributed by atoms with Crippen molar-refractivity contribution in [3.8, 4) is 11.3 Å². The van der Waals surface area contributed by atoms with E-state index in [1.807, 2.05) is 26.8 Å². The van der Waals surface area contributed by atoms with Crippen molar-refractivity contribution < 1.29 is 17.6 Å². The number of aryl methyl sites for hydroxylation is 3. The quantitative estimate of drug-likeness (QED) is 0.456. The van der Waals surface area contributed by atoms with Gasteiger partial charge in [-0.1, -0.05) is 0 Å². The molecule has 0 bridgehead atoms. The van der Waals surface area contributed by atoms with E-state index in [-0.39, 0.29) is 10.8 Å². The van der Waals surface area contributed by atoms with E-state index in [4.69, 9.17) is 4.42 Å². The van der Waals surface area contributed by atoms with E-state index in [2.05, 4.69) is 15.0 Å². The third-order valence-electron chi connectivity index (χ3n) is 4.98. The third-order valence-corrected chi connectivity index (χ3v) is 7.38. The molecule has 4 aromatic rings. The van der Waals surface area contributed by atoms with Gasteiger partial charge in [-0.2, -0.15) is 0 Å². The molecule has 1 aromatic carbocycles. The van der Waals surface area contributed by atoms with Crippen molar-refractivity contribution in [2.75, 3.05) is 12.4 Å². The van der Waals surface area contributed by atoms with Gasteiger partial charge in [0.15, 0.2) is 0 Å². The molecule has 2 N–H and O–H groups in total.